The Hall–Kier alpha value is -1.78. The lowest BCUT2D eigenvalue weighted by Crippen LogP contribution is -2.43. The number of methoxy groups -OCH3 is 1. The van der Waals surface area contributed by atoms with Crippen molar-refractivity contribution in [1.82, 2.24) is 5.32 Å². The van der Waals surface area contributed by atoms with E-state index < -0.39 is 0 Å². The van der Waals surface area contributed by atoms with Crippen LogP contribution >= 0.6 is 0 Å². The molecule has 2 atom stereocenters. The molecule has 2 rings (SSSR count). The van der Waals surface area contributed by atoms with Crippen molar-refractivity contribution in [3.8, 4) is 0 Å². The average Bonchev–Trinajstić information content (AvgIpc) is 2.74. The van der Waals surface area contributed by atoms with Gasteiger partial charge in [0.2, 0.25) is 0 Å². The van der Waals surface area contributed by atoms with Gasteiger partial charge < -0.3 is 14.5 Å². The van der Waals surface area contributed by atoms with Gasteiger partial charge in [0.15, 0.2) is 5.76 Å². The molecule has 0 saturated heterocycles. The molecular formula is C15H21NO4. The summed E-state index contributed by atoms with van der Waals surface area (Å²) in [7, 11) is 1.39. The molecule has 1 saturated carbocycles. The predicted octanol–water partition coefficient (Wildman–Crippen LogP) is 2.44. The van der Waals surface area contributed by atoms with E-state index in [0.29, 0.717) is 5.76 Å². The number of furan rings is 1. The van der Waals surface area contributed by atoms with Crippen molar-refractivity contribution in [2.24, 2.45) is 5.92 Å². The zero-order valence-electron chi connectivity index (χ0n) is 12.0. The maximum absolute atomic E-state index is 12.2. The SMILES string of the molecule is COC(=O)C1CCCCCC1NC(=O)c1occc1C. The number of hydrogen-bond acceptors (Lipinski definition) is 4. The molecule has 5 heteroatoms. The first-order valence-electron chi connectivity index (χ1n) is 7.06. The number of carbonyl (C=O) groups is 2. The highest BCUT2D eigenvalue weighted by molar-refractivity contribution is 5.93. The first-order chi connectivity index (χ1) is 9.63. The largest absolute Gasteiger partial charge is 0.469 e. The van der Waals surface area contributed by atoms with Crippen LogP contribution in [0.1, 0.15) is 48.2 Å². The second kappa shape index (κ2) is 6.59. The van der Waals surface area contributed by atoms with Gasteiger partial charge in [0.05, 0.1) is 19.3 Å². The third kappa shape index (κ3) is 3.21. The Balaban J connectivity index is 2.09. The van der Waals surface area contributed by atoms with Crippen LogP contribution in [0.3, 0.4) is 0 Å². The maximum atomic E-state index is 12.2. The first kappa shape index (κ1) is 14.6. The molecule has 1 aromatic heterocycles. The molecule has 1 aliphatic carbocycles. The Kier molecular flexibility index (Phi) is 4.82. The van der Waals surface area contributed by atoms with Gasteiger partial charge in [-0.1, -0.05) is 19.3 Å². The number of carbonyl (C=O) groups excluding carboxylic acids is 2. The zero-order chi connectivity index (χ0) is 14.5. The summed E-state index contributed by atoms with van der Waals surface area (Å²) in [6.45, 7) is 1.82. The molecule has 0 aliphatic heterocycles. The summed E-state index contributed by atoms with van der Waals surface area (Å²) in [6, 6.07) is 1.57. The summed E-state index contributed by atoms with van der Waals surface area (Å²) >= 11 is 0. The van der Waals surface area contributed by atoms with E-state index in [4.69, 9.17) is 9.15 Å². The molecule has 1 fully saturated rings. The average molecular weight is 279 g/mol. The van der Waals surface area contributed by atoms with Crippen molar-refractivity contribution < 1.29 is 18.7 Å². The summed E-state index contributed by atoms with van der Waals surface area (Å²) in [5, 5.41) is 2.93. The van der Waals surface area contributed by atoms with Gasteiger partial charge in [-0.25, -0.2) is 0 Å². The number of nitrogens with one attached hydrogen (secondary N) is 1. The van der Waals surface area contributed by atoms with Crippen LogP contribution in [0.25, 0.3) is 0 Å². The van der Waals surface area contributed by atoms with E-state index in [1.807, 2.05) is 6.92 Å². The van der Waals surface area contributed by atoms with E-state index in [9.17, 15) is 9.59 Å². The molecular weight excluding hydrogens is 258 g/mol. The Labute approximate surface area is 118 Å². The smallest absolute Gasteiger partial charge is 0.310 e. The number of aryl methyl sites for hydroxylation is 1. The summed E-state index contributed by atoms with van der Waals surface area (Å²) < 4.78 is 10.1. The van der Waals surface area contributed by atoms with E-state index >= 15 is 0 Å². The van der Waals surface area contributed by atoms with Crippen molar-refractivity contribution in [2.45, 2.75) is 45.1 Å². The Bertz CT molecular complexity index is 480. The molecule has 0 radical (unpaired) electrons. The summed E-state index contributed by atoms with van der Waals surface area (Å²) in [5.74, 6) is -0.443. The van der Waals surface area contributed by atoms with Crippen LogP contribution in [0.4, 0.5) is 0 Å². The van der Waals surface area contributed by atoms with Gasteiger partial charge in [0.25, 0.3) is 5.91 Å². The lowest BCUT2D eigenvalue weighted by Gasteiger charge is -2.23. The molecule has 5 nitrogen and oxygen atoms in total. The van der Waals surface area contributed by atoms with Crippen LogP contribution in [0.5, 0.6) is 0 Å². The minimum absolute atomic E-state index is 0.179. The van der Waals surface area contributed by atoms with Gasteiger partial charge in [0.1, 0.15) is 0 Å². The van der Waals surface area contributed by atoms with Crippen LogP contribution in [0.2, 0.25) is 0 Å². The Morgan fingerprint density at radius 1 is 1.30 bits per heavy atom. The highest BCUT2D eigenvalue weighted by Gasteiger charge is 2.32. The zero-order valence-corrected chi connectivity index (χ0v) is 12.0. The fraction of sp³-hybridized carbons (Fsp3) is 0.600. The van der Waals surface area contributed by atoms with Crippen LogP contribution in [-0.2, 0) is 9.53 Å². The number of rotatable bonds is 3. The third-order valence-corrected chi connectivity index (χ3v) is 3.90. The lowest BCUT2D eigenvalue weighted by atomic mass is 9.94. The van der Waals surface area contributed by atoms with E-state index in [0.717, 1.165) is 37.7 Å². The van der Waals surface area contributed by atoms with Crippen molar-refractivity contribution in [3.63, 3.8) is 0 Å². The van der Waals surface area contributed by atoms with E-state index in [1.165, 1.54) is 13.4 Å². The standard InChI is InChI=1S/C15H21NO4/c1-10-8-9-20-13(10)14(17)16-12-7-5-3-4-6-11(12)15(18)19-2/h8-9,11-12H,3-7H2,1-2H3,(H,16,17). The maximum Gasteiger partial charge on any atom is 0.310 e. The number of amides is 1. The van der Waals surface area contributed by atoms with Crippen molar-refractivity contribution in [3.05, 3.63) is 23.7 Å². The highest BCUT2D eigenvalue weighted by atomic mass is 16.5. The molecule has 1 N–H and O–H groups in total. The van der Waals surface area contributed by atoms with Gasteiger partial charge in [-0.05, 0) is 25.8 Å². The second-order valence-electron chi connectivity index (χ2n) is 5.28. The number of ether oxygens (including phenoxy) is 1. The van der Waals surface area contributed by atoms with Gasteiger partial charge in [-0.15, -0.1) is 0 Å². The van der Waals surface area contributed by atoms with Crippen molar-refractivity contribution in [2.75, 3.05) is 7.11 Å². The predicted molar refractivity (Wildman–Crippen MR) is 73.3 cm³/mol. The quantitative estimate of drug-likeness (QED) is 0.681. The number of esters is 1. The molecule has 1 aromatic rings. The van der Waals surface area contributed by atoms with Crippen LogP contribution < -0.4 is 5.32 Å². The molecule has 0 bridgehead atoms. The molecule has 2 unspecified atom stereocenters. The molecule has 1 amide bonds. The molecule has 1 heterocycles. The normalized spacial score (nSPS) is 22.9. The summed E-state index contributed by atoms with van der Waals surface area (Å²) in [5.41, 5.74) is 0.797. The molecule has 110 valence electrons. The Morgan fingerprint density at radius 2 is 2.05 bits per heavy atom. The van der Waals surface area contributed by atoms with Crippen molar-refractivity contribution in [1.29, 1.82) is 0 Å². The van der Waals surface area contributed by atoms with Gasteiger partial charge in [-0.3, -0.25) is 9.59 Å². The second-order valence-corrected chi connectivity index (χ2v) is 5.28. The van der Waals surface area contributed by atoms with E-state index in [1.54, 1.807) is 6.07 Å². The van der Waals surface area contributed by atoms with Crippen LogP contribution in [0, 0.1) is 12.8 Å². The van der Waals surface area contributed by atoms with Gasteiger partial charge in [-0.2, -0.15) is 0 Å². The fourth-order valence-corrected chi connectivity index (χ4v) is 2.75. The van der Waals surface area contributed by atoms with Crippen LogP contribution in [-0.4, -0.2) is 25.0 Å². The molecule has 20 heavy (non-hydrogen) atoms. The van der Waals surface area contributed by atoms with E-state index in [2.05, 4.69) is 5.32 Å². The minimum atomic E-state index is -0.262. The highest BCUT2D eigenvalue weighted by Crippen LogP contribution is 2.25. The van der Waals surface area contributed by atoms with E-state index in [-0.39, 0.29) is 23.8 Å². The van der Waals surface area contributed by atoms with Gasteiger partial charge in [0, 0.05) is 11.6 Å². The van der Waals surface area contributed by atoms with Crippen LogP contribution in [0.15, 0.2) is 16.7 Å². The monoisotopic (exact) mass is 279 g/mol. The molecule has 1 aliphatic rings. The minimum Gasteiger partial charge on any atom is -0.469 e. The molecule has 0 aromatic carbocycles. The number of hydrogen-bond donors (Lipinski definition) is 1. The summed E-state index contributed by atoms with van der Waals surface area (Å²) in [6.07, 6.45) is 6.14. The van der Waals surface area contributed by atoms with Gasteiger partial charge >= 0.3 is 5.97 Å². The molecule has 0 spiro atoms. The lowest BCUT2D eigenvalue weighted by molar-refractivity contribution is -0.146. The fourth-order valence-electron chi connectivity index (χ4n) is 2.75. The third-order valence-electron chi connectivity index (χ3n) is 3.90. The Morgan fingerprint density at radius 3 is 2.70 bits per heavy atom. The van der Waals surface area contributed by atoms with Crippen molar-refractivity contribution >= 4 is 11.9 Å². The first-order valence-corrected chi connectivity index (χ1v) is 7.06. The topological polar surface area (TPSA) is 68.5 Å². The summed E-state index contributed by atoms with van der Waals surface area (Å²) in [4.78, 5) is 24.1.